The topological polar surface area (TPSA) is 26.3 Å². The molecule has 4 aliphatic rings. The zero-order valence-corrected chi connectivity index (χ0v) is 12.8. The largest absolute Gasteiger partial charge is 0.496 e. The predicted octanol–water partition coefficient (Wildman–Crippen LogP) is 3.90. The van der Waals surface area contributed by atoms with Crippen molar-refractivity contribution in [3.63, 3.8) is 0 Å². The normalized spacial score (nSPS) is 36.7. The van der Waals surface area contributed by atoms with Crippen LogP contribution >= 0.6 is 0 Å². The predicted molar refractivity (Wildman–Crippen MR) is 82.6 cm³/mol. The molecule has 0 amide bonds. The Bertz CT molecular complexity index is 525. The number of ether oxygens (including phenoxy) is 1. The van der Waals surface area contributed by atoms with Gasteiger partial charge in [-0.25, -0.2) is 0 Å². The van der Waals surface area contributed by atoms with Crippen LogP contribution in [-0.4, -0.2) is 13.4 Å². The Morgan fingerprint density at radius 3 is 2.29 bits per heavy atom. The minimum Gasteiger partial charge on any atom is -0.496 e. The summed E-state index contributed by atoms with van der Waals surface area (Å²) in [5, 5.41) is 0. The number of rotatable bonds is 4. The Labute approximate surface area is 126 Å². The van der Waals surface area contributed by atoms with Crippen LogP contribution in [-0.2, 0) is 16.6 Å². The molecule has 0 saturated heterocycles. The third-order valence-electron chi connectivity index (χ3n) is 6.19. The second-order valence-corrected chi connectivity index (χ2v) is 7.60. The summed E-state index contributed by atoms with van der Waals surface area (Å²) < 4.78 is 5.68. The fourth-order valence-electron chi connectivity index (χ4n) is 5.83. The van der Waals surface area contributed by atoms with Gasteiger partial charge >= 0.3 is 0 Å². The Hall–Kier alpha value is -1.31. The van der Waals surface area contributed by atoms with E-state index in [-0.39, 0.29) is 0 Å². The van der Waals surface area contributed by atoms with E-state index in [1.807, 2.05) is 6.07 Å². The summed E-state index contributed by atoms with van der Waals surface area (Å²) in [5.74, 6) is 3.81. The fraction of sp³-hybridized carbons (Fsp3) is 0.632. The van der Waals surface area contributed by atoms with Crippen LogP contribution in [0.4, 0.5) is 0 Å². The molecule has 0 spiro atoms. The number of carbonyl (C=O) groups excluding carboxylic acids is 1. The molecule has 4 bridgehead atoms. The van der Waals surface area contributed by atoms with E-state index in [2.05, 4.69) is 12.1 Å². The standard InChI is InChI=1S/C19H24O2/c1-21-18-3-2-13(4-5-20)9-17(18)19-10-14-6-15(11-19)8-16(7-14)12-19/h2-3,5,9,14-16H,4,6-8,10-12H2,1H3. The van der Waals surface area contributed by atoms with Crippen LogP contribution in [0.1, 0.15) is 49.7 Å². The Kier molecular flexibility index (Phi) is 3.09. The Morgan fingerprint density at radius 1 is 1.14 bits per heavy atom. The summed E-state index contributed by atoms with van der Waals surface area (Å²) in [6.45, 7) is 0. The minimum absolute atomic E-state index is 0.332. The average molecular weight is 284 g/mol. The van der Waals surface area contributed by atoms with Crippen molar-refractivity contribution in [3.8, 4) is 5.75 Å². The first-order chi connectivity index (χ1) is 10.2. The molecular formula is C19H24O2. The second-order valence-electron chi connectivity index (χ2n) is 7.60. The number of carbonyl (C=O) groups is 1. The molecule has 0 unspecified atom stereocenters. The zero-order chi connectivity index (χ0) is 14.4. The van der Waals surface area contributed by atoms with Crippen LogP contribution in [0.2, 0.25) is 0 Å². The van der Waals surface area contributed by atoms with Gasteiger partial charge in [0.1, 0.15) is 12.0 Å². The number of hydrogen-bond donors (Lipinski definition) is 0. The first kappa shape index (κ1) is 13.4. The van der Waals surface area contributed by atoms with Crippen molar-refractivity contribution in [3.05, 3.63) is 29.3 Å². The maximum atomic E-state index is 10.9. The van der Waals surface area contributed by atoms with Gasteiger partial charge in [-0.1, -0.05) is 12.1 Å². The molecule has 2 nitrogen and oxygen atoms in total. The first-order valence-corrected chi connectivity index (χ1v) is 8.33. The van der Waals surface area contributed by atoms with E-state index < -0.39 is 0 Å². The summed E-state index contributed by atoms with van der Waals surface area (Å²) >= 11 is 0. The van der Waals surface area contributed by atoms with E-state index in [0.717, 1.165) is 35.4 Å². The lowest BCUT2D eigenvalue weighted by molar-refractivity contribution is -0.107. The maximum Gasteiger partial charge on any atom is 0.124 e. The fourth-order valence-corrected chi connectivity index (χ4v) is 5.83. The van der Waals surface area contributed by atoms with Crippen LogP contribution in [0.25, 0.3) is 0 Å². The summed E-state index contributed by atoms with van der Waals surface area (Å²) in [4.78, 5) is 10.9. The lowest BCUT2D eigenvalue weighted by Gasteiger charge is -2.57. The van der Waals surface area contributed by atoms with Gasteiger partial charge in [-0.3, -0.25) is 0 Å². The zero-order valence-electron chi connectivity index (χ0n) is 12.8. The number of aldehydes is 1. The Balaban J connectivity index is 1.77. The number of hydrogen-bond acceptors (Lipinski definition) is 2. The summed E-state index contributed by atoms with van der Waals surface area (Å²) in [6.07, 6.45) is 9.88. The summed E-state index contributed by atoms with van der Waals surface area (Å²) in [5.41, 5.74) is 2.86. The van der Waals surface area contributed by atoms with E-state index in [9.17, 15) is 4.79 Å². The van der Waals surface area contributed by atoms with Gasteiger partial charge in [0.05, 0.1) is 7.11 Å². The molecule has 0 atom stereocenters. The van der Waals surface area contributed by atoms with Crippen LogP contribution in [0.3, 0.4) is 0 Å². The third kappa shape index (κ3) is 2.11. The van der Waals surface area contributed by atoms with Gasteiger partial charge in [-0.2, -0.15) is 0 Å². The first-order valence-electron chi connectivity index (χ1n) is 8.33. The van der Waals surface area contributed by atoms with E-state index in [1.54, 1.807) is 7.11 Å². The van der Waals surface area contributed by atoms with E-state index in [0.29, 0.717) is 11.8 Å². The molecule has 0 radical (unpaired) electrons. The van der Waals surface area contributed by atoms with Crippen molar-refractivity contribution in [2.75, 3.05) is 7.11 Å². The molecule has 21 heavy (non-hydrogen) atoms. The maximum absolute atomic E-state index is 10.9. The van der Waals surface area contributed by atoms with Gasteiger partial charge in [0.15, 0.2) is 0 Å². The molecule has 112 valence electrons. The van der Waals surface area contributed by atoms with Gasteiger partial charge in [0, 0.05) is 12.0 Å². The molecule has 4 aliphatic carbocycles. The molecular weight excluding hydrogens is 260 g/mol. The number of benzene rings is 1. The summed E-state index contributed by atoms with van der Waals surface area (Å²) in [6, 6.07) is 6.38. The average Bonchev–Trinajstić information content (AvgIpc) is 2.46. The third-order valence-corrected chi connectivity index (χ3v) is 6.19. The van der Waals surface area contributed by atoms with Crippen molar-refractivity contribution in [2.24, 2.45) is 17.8 Å². The smallest absolute Gasteiger partial charge is 0.124 e. The van der Waals surface area contributed by atoms with Gasteiger partial charge in [-0.05, 0) is 73.3 Å². The highest BCUT2D eigenvalue weighted by Gasteiger charge is 2.52. The Morgan fingerprint density at radius 2 is 1.76 bits per heavy atom. The van der Waals surface area contributed by atoms with Crippen molar-refractivity contribution >= 4 is 6.29 Å². The molecule has 4 fully saturated rings. The molecule has 0 N–H and O–H groups in total. The number of methoxy groups -OCH3 is 1. The quantitative estimate of drug-likeness (QED) is 0.784. The van der Waals surface area contributed by atoms with Crippen molar-refractivity contribution in [1.29, 1.82) is 0 Å². The molecule has 0 heterocycles. The van der Waals surface area contributed by atoms with E-state index in [4.69, 9.17) is 4.74 Å². The van der Waals surface area contributed by atoms with Crippen LogP contribution < -0.4 is 4.74 Å². The summed E-state index contributed by atoms with van der Waals surface area (Å²) in [7, 11) is 1.78. The minimum atomic E-state index is 0.332. The SMILES string of the molecule is COc1ccc(CC=O)cc1C12CC3CC(CC(C3)C1)C2. The van der Waals surface area contributed by atoms with Crippen LogP contribution in [0.15, 0.2) is 18.2 Å². The lowest BCUT2D eigenvalue weighted by atomic mass is 9.48. The lowest BCUT2D eigenvalue weighted by Crippen LogP contribution is -2.48. The van der Waals surface area contributed by atoms with Gasteiger partial charge in [-0.15, -0.1) is 0 Å². The molecule has 1 aromatic carbocycles. The molecule has 0 aromatic heterocycles. The second kappa shape index (κ2) is 4.86. The molecule has 4 saturated carbocycles. The van der Waals surface area contributed by atoms with Gasteiger partial charge < -0.3 is 9.53 Å². The van der Waals surface area contributed by atoms with Crippen molar-refractivity contribution in [2.45, 2.75) is 50.4 Å². The van der Waals surface area contributed by atoms with Gasteiger partial charge in [0.2, 0.25) is 0 Å². The van der Waals surface area contributed by atoms with E-state index >= 15 is 0 Å². The highest BCUT2D eigenvalue weighted by Crippen LogP contribution is 2.61. The molecule has 5 rings (SSSR count). The highest BCUT2D eigenvalue weighted by atomic mass is 16.5. The van der Waals surface area contributed by atoms with Crippen LogP contribution in [0, 0.1) is 17.8 Å². The molecule has 2 heteroatoms. The van der Waals surface area contributed by atoms with Crippen LogP contribution in [0.5, 0.6) is 5.75 Å². The molecule has 0 aliphatic heterocycles. The van der Waals surface area contributed by atoms with Crippen molar-refractivity contribution < 1.29 is 9.53 Å². The van der Waals surface area contributed by atoms with Gasteiger partial charge in [0.25, 0.3) is 0 Å². The highest BCUT2D eigenvalue weighted by molar-refractivity contribution is 5.56. The van der Waals surface area contributed by atoms with E-state index in [1.165, 1.54) is 44.1 Å². The molecule has 1 aromatic rings. The van der Waals surface area contributed by atoms with Crippen molar-refractivity contribution in [1.82, 2.24) is 0 Å². The monoisotopic (exact) mass is 284 g/mol.